The van der Waals surface area contributed by atoms with Crippen molar-refractivity contribution in [1.29, 1.82) is 10.8 Å². The Labute approximate surface area is 315 Å². The van der Waals surface area contributed by atoms with Gasteiger partial charge in [0.15, 0.2) is 11.9 Å². The fraction of sp³-hybridized carbons (Fsp3) is 0.293. The number of nitrogens with one attached hydrogen (secondary N) is 7. The van der Waals surface area contributed by atoms with E-state index in [1.165, 1.54) is 0 Å². The molecular weight excluding hydrogens is 681 g/mol. The van der Waals surface area contributed by atoms with Crippen molar-refractivity contribution in [1.82, 2.24) is 26.6 Å². The molecule has 0 saturated heterocycles. The zero-order valence-electron chi connectivity index (χ0n) is 30.3. The lowest BCUT2D eigenvalue weighted by atomic mass is 9.89. The highest BCUT2D eigenvalue weighted by molar-refractivity contribution is 5.93. The van der Waals surface area contributed by atoms with Crippen LogP contribution in [0.25, 0.3) is 33.4 Å². The summed E-state index contributed by atoms with van der Waals surface area (Å²) in [5.74, 6) is -1.71. The first-order valence-electron chi connectivity index (χ1n) is 18.3. The molecule has 0 saturated carbocycles. The van der Waals surface area contributed by atoms with E-state index in [2.05, 4.69) is 50.8 Å². The molecular formula is C41H50N10O3. The Hall–Kier alpha value is -6.21. The summed E-state index contributed by atoms with van der Waals surface area (Å²) < 4.78 is 0. The number of guanidine groups is 2. The Balaban J connectivity index is 1.54. The van der Waals surface area contributed by atoms with Crippen LogP contribution in [0.3, 0.4) is 0 Å². The van der Waals surface area contributed by atoms with Crippen LogP contribution in [0.1, 0.15) is 36.8 Å². The van der Waals surface area contributed by atoms with E-state index in [1.54, 1.807) is 0 Å². The SMILES string of the molecule is N=C(N)NCCCCNC(=O)[C@H]1Cc2ccc(-c3ccccc3)cc2-c2cccc(c2)-c2ccc(cc2)C[C@@H](N)C(=O)N[C@H](CCCNC(=N)N)C(=O)N1. The number of carbonyl (C=O) groups is 3. The van der Waals surface area contributed by atoms with Crippen molar-refractivity contribution in [2.24, 2.45) is 17.2 Å². The van der Waals surface area contributed by atoms with Crippen LogP contribution in [0.4, 0.5) is 0 Å². The third kappa shape index (κ3) is 11.1. The maximum atomic E-state index is 14.1. The second kappa shape index (κ2) is 19.0. The van der Waals surface area contributed by atoms with Crippen molar-refractivity contribution in [2.45, 2.75) is 56.7 Å². The first kappa shape index (κ1) is 39.0. The second-order valence-electron chi connectivity index (χ2n) is 13.5. The molecule has 6 rings (SSSR count). The Morgan fingerprint density at radius 1 is 0.648 bits per heavy atom. The number of fused-ring (bicyclic) bond motifs is 10. The number of benzene rings is 4. The number of carbonyl (C=O) groups excluding carboxylic acids is 3. The van der Waals surface area contributed by atoms with E-state index < -0.39 is 29.9 Å². The number of hydrogen-bond acceptors (Lipinski definition) is 6. The summed E-state index contributed by atoms with van der Waals surface area (Å²) in [6.45, 7) is 1.15. The van der Waals surface area contributed by atoms with Gasteiger partial charge in [0.25, 0.3) is 0 Å². The van der Waals surface area contributed by atoms with Gasteiger partial charge in [0.2, 0.25) is 17.7 Å². The minimum Gasteiger partial charge on any atom is -0.370 e. The lowest BCUT2D eigenvalue weighted by molar-refractivity contribution is -0.132. The Morgan fingerprint density at radius 2 is 1.24 bits per heavy atom. The van der Waals surface area contributed by atoms with E-state index in [4.69, 9.17) is 28.0 Å². The van der Waals surface area contributed by atoms with Gasteiger partial charge in [-0.3, -0.25) is 25.2 Å². The van der Waals surface area contributed by atoms with Crippen molar-refractivity contribution >= 4 is 29.6 Å². The Morgan fingerprint density at radius 3 is 1.94 bits per heavy atom. The number of nitrogens with two attached hydrogens (primary N) is 3. The van der Waals surface area contributed by atoms with E-state index in [1.807, 2.05) is 72.8 Å². The minimum absolute atomic E-state index is 0.115. The molecule has 2 aliphatic rings. The third-order valence-corrected chi connectivity index (χ3v) is 9.36. The van der Waals surface area contributed by atoms with Crippen molar-refractivity contribution in [3.8, 4) is 33.4 Å². The highest BCUT2D eigenvalue weighted by Gasteiger charge is 2.29. The predicted octanol–water partition coefficient (Wildman–Crippen LogP) is 2.73. The van der Waals surface area contributed by atoms with Gasteiger partial charge < -0.3 is 43.8 Å². The first-order chi connectivity index (χ1) is 26.1. The molecule has 13 nitrogen and oxygen atoms in total. The quantitative estimate of drug-likeness (QED) is 0.0624. The van der Waals surface area contributed by atoms with E-state index in [9.17, 15) is 14.4 Å². The maximum Gasteiger partial charge on any atom is 0.243 e. The Bertz CT molecular complexity index is 1930. The number of amides is 3. The molecule has 0 unspecified atom stereocenters. The van der Waals surface area contributed by atoms with Crippen molar-refractivity contribution < 1.29 is 14.4 Å². The standard InChI is InChI=1S/C41H50N10O3/c42-34-22-26-13-15-28(16-14-26)29-10-6-11-31(23-29)33-24-30(27-8-2-1-3-9-27)17-18-32(33)25-36(38(53)47-19-4-5-20-48-40(43)44)51-39(54)35(50-37(34)52)12-7-21-49-41(45)46/h1-3,6,8-11,13-18,23-24,34-36H,4-5,7,12,19-22,25,42H2,(H,47,53)(H,50,52)(H,51,54)(H4,43,44,48)(H4,45,46,49)/t34-,35-,36-/m1/s1. The van der Waals surface area contributed by atoms with E-state index in [-0.39, 0.29) is 37.1 Å². The van der Waals surface area contributed by atoms with Gasteiger partial charge >= 0.3 is 0 Å². The molecule has 13 heteroatoms. The first-order valence-corrected chi connectivity index (χ1v) is 18.3. The summed E-state index contributed by atoms with van der Waals surface area (Å²) in [5.41, 5.74) is 24.9. The van der Waals surface area contributed by atoms with E-state index in [0.29, 0.717) is 38.9 Å². The highest BCUT2D eigenvalue weighted by atomic mass is 16.2. The number of rotatable bonds is 11. The van der Waals surface area contributed by atoms with Gasteiger partial charge in [-0.1, -0.05) is 84.9 Å². The van der Waals surface area contributed by atoms with Gasteiger partial charge in [-0.2, -0.15) is 0 Å². The van der Waals surface area contributed by atoms with Crippen LogP contribution in [0.5, 0.6) is 0 Å². The molecule has 13 N–H and O–H groups in total. The fourth-order valence-corrected chi connectivity index (χ4v) is 6.47. The zero-order valence-corrected chi connectivity index (χ0v) is 30.3. The van der Waals surface area contributed by atoms with Crippen molar-refractivity contribution in [3.05, 3.63) is 108 Å². The average Bonchev–Trinajstić information content (AvgIpc) is 3.17. The molecule has 54 heavy (non-hydrogen) atoms. The molecule has 2 aliphatic heterocycles. The molecule has 4 bridgehead atoms. The van der Waals surface area contributed by atoms with Crippen molar-refractivity contribution in [2.75, 3.05) is 19.6 Å². The monoisotopic (exact) mass is 730 g/mol. The summed E-state index contributed by atoms with van der Waals surface area (Å²) in [4.78, 5) is 41.5. The van der Waals surface area contributed by atoms with Gasteiger partial charge in [0, 0.05) is 26.1 Å². The molecule has 3 atom stereocenters. The third-order valence-electron chi connectivity index (χ3n) is 9.36. The molecule has 4 aromatic carbocycles. The number of hydrogen-bond donors (Lipinski definition) is 10. The van der Waals surface area contributed by atoms with Gasteiger partial charge in [-0.05, 0) is 88.7 Å². The summed E-state index contributed by atoms with van der Waals surface area (Å²) in [6.07, 6.45) is 2.33. The fourth-order valence-electron chi connectivity index (χ4n) is 6.47. The molecule has 0 spiro atoms. The Kier molecular flexibility index (Phi) is 13.8. The van der Waals surface area contributed by atoms with Crippen LogP contribution >= 0.6 is 0 Å². The average molecular weight is 731 g/mol. The summed E-state index contributed by atoms with van der Waals surface area (Å²) >= 11 is 0. The van der Waals surface area contributed by atoms with Gasteiger partial charge in [0.1, 0.15) is 12.1 Å². The van der Waals surface area contributed by atoms with E-state index in [0.717, 1.165) is 44.5 Å². The summed E-state index contributed by atoms with van der Waals surface area (Å²) in [5, 5.41) is 29.1. The molecule has 0 radical (unpaired) electrons. The molecule has 0 aromatic heterocycles. The van der Waals surface area contributed by atoms with Crippen LogP contribution in [0.2, 0.25) is 0 Å². The maximum absolute atomic E-state index is 14.1. The minimum atomic E-state index is -1.01. The topological polar surface area (TPSA) is 237 Å². The molecule has 0 aliphatic carbocycles. The van der Waals surface area contributed by atoms with Crippen LogP contribution in [0.15, 0.2) is 97.1 Å². The van der Waals surface area contributed by atoms with Gasteiger partial charge in [0.05, 0.1) is 6.04 Å². The zero-order chi connectivity index (χ0) is 38.5. The smallest absolute Gasteiger partial charge is 0.243 e. The normalized spacial score (nSPS) is 17.2. The molecule has 0 fully saturated rings. The largest absolute Gasteiger partial charge is 0.370 e. The summed E-state index contributed by atoms with van der Waals surface area (Å²) in [7, 11) is 0. The lowest BCUT2D eigenvalue weighted by Gasteiger charge is -2.25. The molecule has 2 heterocycles. The van der Waals surface area contributed by atoms with Crippen LogP contribution < -0.4 is 43.8 Å². The van der Waals surface area contributed by atoms with Gasteiger partial charge in [-0.25, -0.2) is 0 Å². The van der Waals surface area contributed by atoms with Crippen LogP contribution in [0, 0.1) is 10.8 Å². The van der Waals surface area contributed by atoms with Gasteiger partial charge in [-0.15, -0.1) is 0 Å². The van der Waals surface area contributed by atoms with Crippen LogP contribution in [-0.2, 0) is 27.2 Å². The number of unbranched alkanes of at least 4 members (excludes halogenated alkanes) is 1. The van der Waals surface area contributed by atoms with Crippen molar-refractivity contribution in [3.63, 3.8) is 0 Å². The van der Waals surface area contributed by atoms with Crippen LogP contribution in [-0.4, -0.2) is 67.4 Å². The predicted molar refractivity (Wildman–Crippen MR) is 213 cm³/mol. The molecule has 282 valence electrons. The second-order valence-corrected chi connectivity index (χ2v) is 13.5. The van der Waals surface area contributed by atoms with E-state index >= 15 is 0 Å². The highest BCUT2D eigenvalue weighted by Crippen LogP contribution is 2.33. The summed E-state index contributed by atoms with van der Waals surface area (Å²) in [6, 6.07) is 29.4. The molecule has 3 amide bonds. The molecule has 4 aromatic rings. The lowest BCUT2D eigenvalue weighted by Crippen LogP contribution is -2.56.